The molecule has 4 nitrogen and oxygen atoms in total. The molecule has 0 aliphatic rings. The minimum absolute atomic E-state index is 0.00925. The van der Waals surface area contributed by atoms with Gasteiger partial charge < -0.3 is 4.74 Å². The number of aryl methyl sites for hydroxylation is 2. The molecule has 0 radical (unpaired) electrons. The highest BCUT2D eigenvalue weighted by atomic mass is 79.9. The van der Waals surface area contributed by atoms with E-state index in [1.54, 1.807) is 12.1 Å². The second-order valence-corrected chi connectivity index (χ2v) is 5.47. The van der Waals surface area contributed by atoms with Crippen molar-refractivity contribution in [3.63, 3.8) is 0 Å². The van der Waals surface area contributed by atoms with Crippen molar-refractivity contribution in [2.45, 2.75) is 25.8 Å². The molecule has 110 valence electrons. The van der Waals surface area contributed by atoms with Crippen LogP contribution in [0.25, 0.3) is 0 Å². The third-order valence-corrected chi connectivity index (χ3v) is 3.91. The lowest BCUT2D eigenvalue weighted by atomic mass is 10.1. The molecule has 5 heteroatoms. The van der Waals surface area contributed by atoms with Crippen LogP contribution >= 0.6 is 15.9 Å². The van der Waals surface area contributed by atoms with Crippen LogP contribution in [0.5, 0.6) is 5.75 Å². The van der Waals surface area contributed by atoms with Crippen LogP contribution < -0.4 is 4.74 Å². The largest absolute Gasteiger partial charge is 0.482 e. The van der Waals surface area contributed by atoms with Gasteiger partial charge in [-0.3, -0.25) is 10.1 Å². The molecule has 0 bridgehead atoms. The van der Waals surface area contributed by atoms with Gasteiger partial charge in [-0.15, -0.1) is 0 Å². The van der Waals surface area contributed by atoms with Gasteiger partial charge in [-0.05, 0) is 36.6 Å². The van der Waals surface area contributed by atoms with E-state index in [0.717, 1.165) is 22.3 Å². The number of rotatable bonds is 5. The highest BCUT2D eigenvalue weighted by Gasteiger charge is 2.16. The van der Waals surface area contributed by atoms with E-state index in [0.29, 0.717) is 17.7 Å². The fraction of sp³-hybridized carbons (Fsp3) is 0.250. The third kappa shape index (κ3) is 3.82. The maximum absolute atomic E-state index is 11.1. The molecule has 0 aliphatic heterocycles. The monoisotopic (exact) mass is 349 g/mol. The quantitative estimate of drug-likeness (QED) is 0.447. The van der Waals surface area contributed by atoms with Crippen molar-refractivity contribution in [2.75, 3.05) is 0 Å². The minimum atomic E-state index is -0.420. The summed E-state index contributed by atoms with van der Waals surface area (Å²) in [4.78, 5) is 10.6. The van der Waals surface area contributed by atoms with Crippen molar-refractivity contribution in [2.24, 2.45) is 0 Å². The number of nitrogens with zero attached hydrogens (tertiary/aromatic N) is 1. The summed E-state index contributed by atoms with van der Waals surface area (Å²) in [5.41, 5.74) is 4.22. The van der Waals surface area contributed by atoms with E-state index < -0.39 is 4.92 Å². The Bertz CT molecular complexity index is 671. The summed E-state index contributed by atoms with van der Waals surface area (Å²) < 4.78 is 5.70. The van der Waals surface area contributed by atoms with Crippen molar-refractivity contribution in [3.05, 3.63) is 68.8 Å². The van der Waals surface area contributed by atoms with Gasteiger partial charge in [0.25, 0.3) is 0 Å². The zero-order chi connectivity index (χ0) is 15.4. The maximum atomic E-state index is 11.1. The van der Waals surface area contributed by atoms with Gasteiger partial charge in [-0.1, -0.05) is 45.8 Å². The Morgan fingerprint density at radius 3 is 2.62 bits per heavy atom. The molecule has 2 aromatic rings. The van der Waals surface area contributed by atoms with E-state index in [2.05, 4.69) is 15.9 Å². The predicted octanol–water partition coefficient (Wildman–Crippen LogP) is 4.69. The highest BCUT2D eigenvalue weighted by Crippen LogP contribution is 2.29. The summed E-state index contributed by atoms with van der Waals surface area (Å²) in [6.45, 7) is 4.33. The summed E-state index contributed by atoms with van der Waals surface area (Å²) in [5.74, 6) is 0.304. The van der Waals surface area contributed by atoms with E-state index in [9.17, 15) is 10.1 Å². The SMILES string of the molecule is Cc1ccc(C)c(COc2cc(CBr)ccc2[N+](=O)[O-])c1. The number of benzene rings is 2. The van der Waals surface area contributed by atoms with Crippen molar-refractivity contribution in [3.8, 4) is 5.75 Å². The van der Waals surface area contributed by atoms with Crippen LogP contribution in [0.4, 0.5) is 5.69 Å². The fourth-order valence-corrected chi connectivity index (χ4v) is 2.37. The van der Waals surface area contributed by atoms with E-state index in [1.165, 1.54) is 6.07 Å². The van der Waals surface area contributed by atoms with Gasteiger partial charge >= 0.3 is 5.69 Å². The number of alkyl halides is 1. The standard InChI is InChI=1S/C16H16BrNO3/c1-11-3-4-12(2)14(7-11)10-21-16-8-13(9-17)5-6-15(16)18(19)20/h3-8H,9-10H2,1-2H3. The Kier molecular flexibility index (Phi) is 4.96. The van der Waals surface area contributed by atoms with Gasteiger partial charge in [0.1, 0.15) is 6.61 Å². The Morgan fingerprint density at radius 1 is 1.19 bits per heavy atom. The highest BCUT2D eigenvalue weighted by molar-refractivity contribution is 9.08. The molecule has 0 unspecified atom stereocenters. The summed E-state index contributed by atoms with van der Waals surface area (Å²) in [7, 11) is 0. The minimum Gasteiger partial charge on any atom is -0.482 e. The van der Waals surface area contributed by atoms with E-state index in [-0.39, 0.29) is 5.69 Å². The molecular weight excluding hydrogens is 334 g/mol. The molecule has 0 N–H and O–H groups in total. The maximum Gasteiger partial charge on any atom is 0.310 e. The van der Waals surface area contributed by atoms with Crippen molar-refractivity contribution in [1.82, 2.24) is 0 Å². The molecule has 0 aliphatic carbocycles. The summed E-state index contributed by atoms with van der Waals surface area (Å²) in [6, 6.07) is 11.0. The lowest BCUT2D eigenvalue weighted by molar-refractivity contribution is -0.386. The van der Waals surface area contributed by atoms with Crippen LogP contribution in [-0.2, 0) is 11.9 Å². The first-order valence-electron chi connectivity index (χ1n) is 6.53. The summed E-state index contributed by atoms with van der Waals surface area (Å²) in [5, 5.41) is 11.7. The molecule has 0 fully saturated rings. The fourth-order valence-electron chi connectivity index (χ4n) is 2.02. The van der Waals surface area contributed by atoms with E-state index >= 15 is 0 Å². The molecule has 0 spiro atoms. The molecule has 0 saturated carbocycles. The molecule has 0 heterocycles. The van der Waals surface area contributed by atoms with Crippen LogP contribution in [0.3, 0.4) is 0 Å². The molecule has 2 rings (SSSR count). The van der Waals surface area contributed by atoms with Crippen molar-refractivity contribution < 1.29 is 9.66 Å². The van der Waals surface area contributed by atoms with E-state index in [4.69, 9.17) is 4.74 Å². The molecule has 0 aromatic heterocycles. The smallest absolute Gasteiger partial charge is 0.310 e. The molecule has 0 amide bonds. The van der Waals surface area contributed by atoms with Gasteiger partial charge in [-0.25, -0.2) is 0 Å². The second-order valence-electron chi connectivity index (χ2n) is 4.91. The normalized spacial score (nSPS) is 10.4. The Labute approximate surface area is 132 Å². The summed E-state index contributed by atoms with van der Waals surface area (Å²) in [6.07, 6.45) is 0. The van der Waals surface area contributed by atoms with Crippen LogP contribution in [0.2, 0.25) is 0 Å². The van der Waals surface area contributed by atoms with Crippen LogP contribution in [-0.4, -0.2) is 4.92 Å². The van der Waals surface area contributed by atoms with Gasteiger partial charge in [0.2, 0.25) is 0 Å². The van der Waals surface area contributed by atoms with Crippen molar-refractivity contribution >= 4 is 21.6 Å². The molecular formula is C16H16BrNO3. The molecule has 21 heavy (non-hydrogen) atoms. The number of nitro benzene ring substituents is 1. The topological polar surface area (TPSA) is 52.4 Å². The Balaban J connectivity index is 2.26. The Morgan fingerprint density at radius 2 is 1.95 bits per heavy atom. The number of nitro groups is 1. The number of hydrogen-bond acceptors (Lipinski definition) is 3. The zero-order valence-corrected chi connectivity index (χ0v) is 13.5. The number of ether oxygens (including phenoxy) is 1. The second kappa shape index (κ2) is 6.72. The van der Waals surface area contributed by atoms with Crippen LogP contribution in [0.1, 0.15) is 22.3 Å². The lowest BCUT2D eigenvalue weighted by Gasteiger charge is -2.10. The lowest BCUT2D eigenvalue weighted by Crippen LogP contribution is -2.01. The van der Waals surface area contributed by atoms with E-state index in [1.807, 2.05) is 32.0 Å². The van der Waals surface area contributed by atoms with Crippen LogP contribution in [0.15, 0.2) is 36.4 Å². The summed E-state index contributed by atoms with van der Waals surface area (Å²) >= 11 is 3.35. The first kappa shape index (κ1) is 15.5. The predicted molar refractivity (Wildman–Crippen MR) is 86.0 cm³/mol. The Hall–Kier alpha value is -1.88. The van der Waals surface area contributed by atoms with Gasteiger partial charge in [0.15, 0.2) is 5.75 Å². The first-order chi connectivity index (χ1) is 10.0. The van der Waals surface area contributed by atoms with Gasteiger partial charge in [0, 0.05) is 11.4 Å². The number of hydrogen-bond donors (Lipinski definition) is 0. The first-order valence-corrected chi connectivity index (χ1v) is 7.65. The third-order valence-electron chi connectivity index (χ3n) is 3.26. The molecule has 2 aromatic carbocycles. The van der Waals surface area contributed by atoms with Crippen molar-refractivity contribution in [1.29, 1.82) is 0 Å². The average molecular weight is 350 g/mol. The van der Waals surface area contributed by atoms with Gasteiger partial charge in [0.05, 0.1) is 4.92 Å². The van der Waals surface area contributed by atoms with Gasteiger partial charge in [-0.2, -0.15) is 0 Å². The average Bonchev–Trinajstić information content (AvgIpc) is 2.47. The van der Waals surface area contributed by atoms with Crippen LogP contribution in [0, 0.1) is 24.0 Å². The molecule has 0 atom stereocenters. The zero-order valence-electron chi connectivity index (χ0n) is 11.9. The molecule has 0 saturated heterocycles. The number of halogens is 1.